The number of pyridine rings is 1. The zero-order valence-corrected chi connectivity index (χ0v) is 9.76. The molecule has 5 heteroatoms. The Labute approximate surface area is 103 Å². The number of hydrogen-bond donors (Lipinski definition) is 2. The Kier molecular flexibility index (Phi) is 3.17. The van der Waals surface area contributed by atoms with Crippen molar-refractivity contribution < 1.29 is 0 Å². The van der Waals surface area contributed by atoms with Crippen molar-refractivity contribution in [1.82, 2.24) is 4.98 Å². The molecule has 0 bridgehead atoms. The summed E-state index contributed by atoms with van der Waals surface area (Å²) in [4.78, 5) is 4.11. The summed E-state index contributed by atoms with van der Waals surface area (Å²) in [6.07, 6.45) is 1.66. The maximum absolute atomic E-state index is 6.02. The van der Waals surface area contributed by atoms with Gasteiger partial charge in [-0.3, -0.25) is 0 Å². The zero-order chi connectivity index (χ0) is 11.5. The molecule has 3 N–H and O–H groups in total. The molecular weight excluding hydrogens is 245 g/mol. The van der Waals surface area contributed by atoms with E-state index in [1.54, 1.807) is 36.5 Å². The van der Waals surface area contributed by atoms with Crippen LogP contribution < -0.4 is 11.1 Å². The number of nitrogens with zero attached hydrogens (tertiary/aromatic N) is 1. The summed E-state index contributed by atoms with van der Waals surface area (Å²) >= 11 is 11.8. The van der Waals surface area contributed by atoms with Crippen molar-refractivity contribution in [3.63, 3.8) is 0 Å². The van der Waals surface area contributed by atoms with E-state index in [1.807, 2.05) is 0 Å². The highest BCUT2D eigenvalue weighted by Crippen LogP contribution is 2.29. The van der Waals surface area contributed by atoms with E-state index in [-0.39, 0.29) is 0 Å². The Morgan fingerprint density at radius 1 is 1.19 bits per heavy atom. The quantitative estimate of drug-likeness (QED) is 0.858. The minimum Gasteiger partial charge on any atom is -0.396 e. The third kappa shape index (κ3) is 2.38. The molecule has 3 nitrogen and oxygen atoms in total. The van der Waals surface area contributed by atoms with E-state index < -0.39 is 0 Å². The van der Waals surface area contributed by atoms with Gasteiger partial charge in [-0.2, -0.15) is 0 Å². The molecule has 2 aromatic rings. The number of anilines is 3. The van der Waals surface area contributed by atoms with Crippen LogP contribution in [0, 0.1) is 0 Å². The smallest absolute Gasteiger partial charge is 0.153 e. The number of nitrogens with one attached hydrogen (secondary N) is 1. The standard InChI is InChI=1S/C11H9Cl2N3/c12-7-3-4-10(8(13)6-7)16-11-9(14)2-1-5-15-11/h1-6H,14H2,(H,15,16). The minimum atomic E-state index is 0.526. The Hall–Kier alpha value is -1.45. The molecule has 0 atom stereocenters. The van der Waals surface area contributed by atoms with Crippen molar-refractivity contribution in [2.24, 2.45) is 0 Å². The summed E-state index contributed by atoms with van der Waals surface area (Å²) in [5.74, 6) is 0.576. The highest BCUT2D eigenvalue weighted by Gasteiger charge is 2.04. The van der Waals surface area contributed by atoms with E-state index >= 15 is 0 Å². The van der Waals surface area contributed by atoms with Crippen LogP contribution >= 0.6 is 23.2 Å². The summed E-state index contributed by atoms with van der Waals surface area (Å²) in [5, 5.41) is 4.15. The molecular formula is C11H9Cl2N3. The van der Waals surface area contributed by atoms with Crippen molar-refractivity contribution in [2.75, 3.05) is 11.1 Å². The molecule has 0 radical (unpaired) electrons. The van der Waals surface area contributed by atoms with Gasteiger partial charge in [0.1, 0.15) is 0 Å². The van der Waals surface area contributed by atoms with E-state index in [4.69, 9.17) is 28.9 Å². The van der Waals surface area contributed by atoms with Crippen molar-refractivity contribution in [1.29, 1.82) is 0 Å². The molecule has 1 aromatic heterocycles. The van der Waals surface area contributed by atoms with Crippen LogP contribution in [-0.4, -0.2) is 4.98 Å². The number of aromatic nitrogens is 1. The van der Waals surface area contributed by atoms with Crippen LogP contribution in [-0.2, 0) is 0 Å². The van der Waals surface area contributed by atoms with Crippen molar-refractivity contribution in [2.45, 2.75) is 0 Å². The molecule has 82 valence electrons. The molecule has 16 heavy (non-hydrogen) atoms. The van der Waals surface area contributed by atoms with Crippen LogP contribution in [0.15, 0.2) is 36.5 Å². The lowest BCUT2D eigenvalue weighted by atomic mass is 10.3. The van der Waals surface area contributed by atoms with E-state index in [0.29, 0.717) is 21.6 Å². The lowest BCUT2D eigenvalue weighted by Crippen LogP contribution is -1.98. The second kappa shape index (κ2) is 4.60. The van der Waals surface area contributed by atoms with Gasteiger partial charge in [-0.25, -0.2) is 4.98 Å². The lowest BCUT2D eigenvalue weighted by molar-refractivity contribution is 1.31. The second-order valence-electron chi connectivity index (χ2n) is 3.19. The maximum atomic E-state index is 6.02. The van der Waals surface area contributed by atoms with Gasteiger partial charge in [-0.05, 0) is 30.3 Å². The molecule has 0 saturated carbocycles. The molecule has 0 aliphatic heterocycles. The molecule has 0 fully saturated rings. The van der Waals surface area contributed by atoms with Crippen molar-refractivity contribution in [3.05, 3.63) is 46.6 Å². The summed E-state index contributed by atoms with van der Waals surface area (Å²) in [6, 6.07) is 8.71. The van der Waals surface area contributed by atoms with Gasteiger partial charge in [0.15, 0.2) is 5.82 Å². The Morgan fingerprint density at radius 3 is 2.69 bits per heavy atom. The monoisotopic (exact) mass is 253 g/mol. The molecule has 1 aromatic carbocycles. The van der Waals surface area contributed by atoms with Crippen molar-refractivity contribution in [3.8, 4) is 0 Å². The van der Waals surface area contributed by atoms with Crippen LogP contribution in [0.1, 0.15) is 0 Å². The molecule has 0 saturated heterocycles. The van der Waals surface area contributed by atoms with Crippen LogP contribution in [0.2, 0.25) is 10.0 Å². The van der Waals surface area contributed by atoms with Crippen LogP contribution in [0.4, 0.5) is 17.2 Å². The average molecular weight is 254 g/mol. The molecule has 0 aliphatic carbocycles. The summed E-state index contributed by atoms with van der Waals surface area (Å²) in [7, 11) is 0. The Balaban J connectivity index is 2.31. The third-order valence-corrected chi connectivity index (χ3v) is 2.57. The Bertz CT molecular complexity index is 514. The summed E-state index contributed by atoms with van der Waals surface area (Å²) in [5.41, 5.74) is 7.04. The van der Waals surface area contributed by atoms with Gasteiger partial charge < -0.3 is 11.1 Å². The molecule has 0 spiro atoms. The topological polar surface area (TPSA) is 50.9 Å². The normalized spacial score (nSPS) is 10.1. The number of rotatable bonds is 2. The second-order valence-corrected chi connectivity index (χ2v) is 4.03. The first-order valence-corrected chi connectivity index (χ1v) is 5.35. The number of nitrogen functional groups attached to an aromatic ring is 1. The first-order chi connectivity index (χ1) is 7.66. The zero-order valence-electron chi connectivity index (χ0n) is 8.24. The number of nitrogens with two attached hydrogens (primary N) is 1. The lowest BCUT2D eigenvalue weighted by Gasteiger charge is -2.09. The predicted octanol–water partition coefficient (Wildman–Crippen LogP) is 3.71. The molecule has 0 aliphatic rings. The number of benzene rings is 1. The van der Waals surface area contributed by atoms with Crippen molar-refractivity contribution >= 4 is 40.4 Å². The van der Waals surface area contributed by atoms with E-state index in [1.165, 1.54) is 0 Å². The fourth-order valence-corrected chi connectivity index (χ4v) is 1.70. The summed E-state index contributed by atoms with van der Waals surface area (Å²) < 4.78 is 0. The minimum absolute atomic E-state index is 0.526. The van der Waals surface area contributed by atoms with Gasteiger partial charge in [0, 0.05) is 11.2 Å². The van der Waals surface area contributed by atoms with Gasteiger partial charge in [-0.15, -0.1) is 0 Å². The largest absolute Gasteiger partial charge is 0.396 e. The highest BCUT2D eigenvalue weighted by atomic mass is 35.5. The first kappa shape index (κ1) is 11.0. The number of halogens is 2. The predicted molar refractivity (Wildman–Crippen MR) is 68.4 cm³/mol. The highest BCUT2D eigenvalue weighted by molar-refractivity contribution is 6.36. The molecule has 0 amide bonds. The van der Waals surface area contributed by atoms with Crippen LogP contribution in [0.3, 0.4) is 0 Å². The summed E-state index contributed by atoms with van der Waals surface area (Å²) in [6.45, 7) is 0. The van der Waals surface area contributed by atoms with Gasteiger partial charge in [0.05, 0.1) is 16.4 Å². The maximum Gasteiger partial charge on any atom is 0.153 e. The SMILES string of the molecule is Nc1cccnc1Nc1ccc(Cl)cc1Cl. The van der Waals surface area contributed by atoms with Crippen LogP contribution in [0.25, 0.3) is 0 Å². The van der Waals surface area contributed by atoms with E-state index in [9.17, 15) is 0 Å². The van der Waals surface area contributed by atoms with E-state index in [2.05, 4.69) is 10.3 Å². The van der Waals surface area contributed by atoms with Crippen LogP contribution in [0.5, 0.6) is 0 Å². The Morgan fingerprint density at radius 2 is 2.00 bits per heavy atom. The fraction of sp³-hybridized carbons (Fsp3) is 0. The van der Waals surface area contributed by atoms with Gasteiger partial charge >= 0.3 is 0 Å². The molecule has 0 unspecified atom stereocenters. The molecule has 2 rings (SSSR count). The molecule has 1 heterocycles. The third-order valence-electron chi connectivity index (χ3n) is 2.02. The van der Waals surface area contributed by atoms with Gasteiger partial charge in [-0.1, -0.05) is 23.2 Å². The fourth-order valence-electron chi connectivity index (χ4n) is 1.24. The van der Waals surface area contributed by atoms with Gasteiger partial charge in [0.25, 0.3) is 0 Å². The van der Waals surface area contributed by atoms with E-state index in [0.717, 1.165) is 5.69 Å². The first-order valence-electron chi connectivity index (χ1n) is 4.59. The van der Waals surface area contributed by atoms with Gasteiger partial charge in [0.2, 0.25) is 0 Å². The number of hydrogen-bond acceptors (Lipinski definition) is 3. The average Bonchev–Trinajstić information content (AvgIpc) is 2.25.